The molecule has 3 N–H and O–H groups in total. The SMILES string of the molecule is O=CCNNc1ccc(-n2nc(C(F)(F)F)cc2C2=CC3Nc4ccccc4SC3C=C2)cc1. The number of anilines is 2. The van der Waals surface area contributed by atoms with E-state index in [4.69, 9.17) is 0 Å². The minimum atomic E-state index is -4.57. The number of aldehydes is 1. The second kappa shape index (κ2) is 9.03. The van der Waals surface area contributed by atoms with E-state index in [0.29, 0.717) is 28.9 Å². The van der Waals surface area contributed by atoms with Gasteiger partial charge in [-0.1, -0.05) is 30.4 Å². The molecule has 0 bridgehead atoms. The second-order valence-corrected chi connectivity index (χ2v) is 8.99. The zero-order valence-corrected chi connectivity index (χ0v) is 18.5. The lowest BCUT2D eigenvalue weighted by atomic mass is 9.98. The summed E-state index contributed by atoms with van der Waals surface area (Å²) in [6, 6.07) is 15.7. The number of para-hydroxylation sites is 1. The first-order chi connectivity index (χ1) is 16.4. The third-order valence-corrected chi connectivity index (χ3v) is 6.81. The molecule has 0 amide bonds. The average molecular weight is 484 g/mol. The van der Waals surface area contributed by atoms with E-state index >= 15 is 0 Å². The standard InChI is InChI=1S/C24H20F3N5OS/c25-24(26,27)23-14-20(32(31-23)17-8-6-16(7-9-17)30-28-11-12-33)15-5-10-22-19(13-15)29-18-3-1-2-4-21(18)34-22/h1-10,12-14,19,22,28-30H,11H2. The number of halogens is 3. The van der Waals surface area contributed by atoms with Crippen molar-refractivity contribution in [1.29, 1.82) is 0 Å². The summed E-state index contributed by atoms with van der Waals surface area (Å²) >= 11 is 1.73. The van der Waals surface area contributed by atoms with Crippen molar-refractivity contribution >= 4 is 35.0 Å². The molecule has 0 saturated heterocycles. The lowest BCUT2D eigenvalue weighted by Crippen LogP contribution is -2.33. The first-order valence-electron chi connectivity index (χ1n) is 10.6. The molecule has 0 saturated carbocycles. The van der Waals surface area contributed by atoms with Gasteiger partial charge in [0.2, 0.25) is 0 Å². The molecule has 34 heavy (non-hydrogen) atoms. The van der Waals surface area contributed by atoms with Crippen LogP contribution in [-0.2, 0) is 11.0 Å². The van der Waals surface area contributed by atoms with E-state index in [9.17, 15) is 18.0 Å². The first kappa shape index (κ1) is 22.3. The normalized spacial score (nSPS) is 19.0. The highest BCUT2D eigenvalue weighted by Gasteiger charge is 2.36. The molecule has 1 aliphatic carbocycles. The highest BCUT2D eigenvalue weighted by Crippen LogP contribution is 2.42. The highest BCUT2D eigenvalue weighted by atomic mass is 32.2. The lowest BCUT2D eigenvalue weighted by molar-refractivity contribution is -0.141. The van der Waals surface area contributed by atoms with E-state index in [1.165, 1.54) is 4.68 Å². The zero-order chi connectivity index (χ0) is 23.7. The topological polar surface area (TPSA) is 71.0 Å². The number of hydrogen-bond acceptors (Lipinski definition) is 6. The molecular formula is C24H20F3N5OS. The fourth-order valence-electron chi connectivity index (χ4n) is 3.89. The minimum absolute atomic E-state index is 0.0620. The van der Waals surface area contributed by atoms with Crippen LogP contribution in [0.15, 0.2) is 77.7 Å². The smallest absolute Gasteiger partial charge is 0.376 e. The van der Waals surface area contributed by atoms with Gasteiger partial charge in [0.1, 0.15) is 6.29 Å². The van der Waals surface area contributed by atoms with Crippen molar-refractivity contribution in [1.82, 2.24) is 15.2 Å². The summed E-state index contributed by atoms with van der Waals surface area (Å²) in [6.45, 7) is 0.124. The lowest BCUT2D eigenvalue weighted by Gasteiger charge is -2.33. The molecule has 0 radical (unpaired) electrons. The molecule has 3 aromatic rings. The fourth-order valence-corrected chi connectivity index (χ4v) is 5.04. The number of alkyl halides is 3. The quantitative estimate of drug-likeness (QED) is 0.263. The van der Waals surface area contributed by atoms with Crippen molar-refractivity contribution in [2.24, 2.45) is 0 Å². The number of hydrazine groups is 1. The van der Waals surface area contributed by atoms with Crippen LogP contribution < -0.4 is 16.2 Å². The molecular weight excluding hydrogens is 463 g/mol. The van der Waals surface area contributed by atoms with Gasteiger partial charge in [0.25, 0.3) is 0 Å². The molecule has 5 rings (SSSR count). The Kier molecular flexibility index (Phi) is 5.93. The van der Waals surface area contributed by atoms with Gasteiger partial charge in [-0.3, -0.25) is 0 Å². The van der Waals surface area contributed by atoms with Crippen molar-refractivity contribution < 1.29 is 18.0 Å². The number of nitrogens with zero attached hydrogens (tertiary/aromatic N) is 2. The summed E-state index contributed by atoms with van der Waals surface area (Å²) in [5.41, 5.74) is 7.78. The number of aromatic nitrogens is 2. The van der Waals surface area contributed by atoms with Crippen molar-refractivity contribution in [3.8, 4) is 5.69 Å². The van der Waals surface area contributed by atoms with Crippen LogP contribution in [0.4, 0.5) is 24.5 Å². The molecule has 10 heteroatoms. The summed E-state index contributed by atoms with van der Waals surface area (Å²) in [5.74, 6) is 0. The summed E-state index contributed by atoms with van der Waals surface area (Å²) in [7, 11) is 0. The second-order valence-electron chi connectivity index (χ2n) is 7.77. The monoisotopic (exact) mass is 483 g/mol. The van der Waals surface area contributed by atoms with E-state index in [1.54, 1.807) is 36.0 Å². The number of hydrogen-bond donors (Lipinski definition) is 3. The molecule has 0 spiro atoms. The van der Waals surface area contributed by atoms with Gasteiger partial charge in [0, 0.05) is 16.3 Å². The highest BCUT2D eigenvalue weighted by molar-refractivity contribution is 8.00. The van der Waals surface area contributed by atoms with Crippen molar-refractivity contribution in [2.75, 3.05) is 17.3 Å². The predicted octanol–water partition coefficient (Wildman–Crippen LogP) is 4.91. The van der Waals surface area contributed by atoms with E-state index in [0.717, 1.165) is 16.6 Å². The van der Waals surface area contributed by atoms with Crippen LogP contribution in [0, 0.1) is 0 Å². The Hall–Kier alpha value is -3.50. The number of allylic oxidation sites excluding steroid dienone is 2. The molecule has 6 nitrogen and oxygen atoms in total. The Balaban J connectivity index is 1.48. The van der Waals surface area contributed by atoms with Crippen LogP contribution in [0.5, 0.6) is 0 Å². The predicted molar refractivity (Wildman–Crippen MR) is 127 cm³/mol. The van der Waals surface area contributed by atoms with Gasteiger partial charge in [0.05, 0.1) is 29.2 Å². The Morgan fingerprint density at radius 1 is 1.15 bits per heavy atom. The van der Waals surface area contributed by atoms with Crippen LogP contribution >= 0.6 is 11.8 Å². The maximum Gasteiger partial charge on any atom is 0.435 e. The number of carbonyl (C=O) groups excluding carboxylic acids is 1. The fraction of sp³-hybridized carbons (Fsp3) is 0.167. The number of rotatable bonds is 6. The number of benzene rings is 2. The number of nitrogens with one attached hydrogen (secondary N) is 3. The molecule has 2 unspecified atom stereocenters. The largest absolute Gasteiger partial charge is 0.435 e. The van der Waals surface area contributed by atoms with Crippen LogP contribution in [0.3, 0.4) is 0 Å². The number of carbonyl (C=O) groups is 1. The Morgan fingerprint density at radius 2 is 1.94 bits per heavy atom. The third kappa shape index (κ3) is 4.46. The Bertz CT molecular complexity index is 1270. The molecule has 2 heterocycles. The Morgan fingerprint density at radius 3 is 2.71 bits per heavy atom. The van der Waals surface area contributed by atoms with Crippen molar-refractivity contribution in [3.05, 3.63) is 84.2 Å². The maximum atomic E-state index is 13.6. The van der Waals surface area contributed by atoms with Crippen LogP contribution in [0.1, 0.15) is 11.4 Å². The van der Waals surface area contributed by atoms with Gasteiger partial charge in [-0.25, -0.2) is 10.1 Å². The van der Waals surface area contributed by atoms with Crippen LogP contribution in [0.25, 0.3) is 11.3 Å². The Labute approximate surface area is 197 Å². The number of thioether (sulfide) groups is 1. The zero-order valence-electron chi connectivity index (χ0n) is 17.7. The van der Waals surface area contributed by atoms with Crippen LogP contribution in [0.2, 0.25) is 0 Å². The van der Waals surface area contributed by atoms with Crippen molar-refractivity contribution in [3.63, 3.8) is 0 Å². The summed E-state index contributed by atoms with van der Waals surface area (Å²) in [4.78, 5) is 11.6. The van der Waals surface area contributed by atoms with Crippen molar-refractivity contribution in [2.45, 2.75) is 22.4 Å². The van der Waals surface area contributed by atoms with Gasteiger partial charge < -0.3 is 15.5 Å². The molecule has 1 aromatic heterocycles. The molecule has 174 valence electrons. The summed E-state index contributed by atoms with van der Waals surface area (Å²) < 4.78 is 42.0. The maximum absolute atomic E-state index is 13.6. The van der Waals surface area contributed by atoms with Crippen LogP contribution in [-0.4, -0.2) is 33.9 Å². The number of fused-ring (bicyclic) bond motifs is 2. The van der Waals surface area contributed by atoms with E-state index in [1.807, 2.05) is 42.5 Å². The molecule has 2 atom stereocenters. The van der Waals surface area contributed by atoms with E-state index in [2.05, 4.69) is 21.3 Å². The first-order valence-corrected chi connectivity index (χ1v) is 11.4. The van der Waals surface area contributed by atoms with E-state index < -0.39 is 11.9 Å². The van der Waals surface area contributed by atoms with Gasteiger partial charge >= 0.3 is 6.18 Å². The van der Waals surface area contributed by atoms with Gasteiger partial charge in [0.15, 0.2) is 5.69 Å². The van der Waals surface area contributed by atoms with Gasteiger partial charge in [-0.05, 0) is 48.0 Å². The molecule has 1 aliphatic heterocycles. The third-order valence-electron chi connectivity index (χ3n) is 5.48. The minimum Gasteiger partial charge on any atom is -0.376 e. The van der Waals surface area contributed by atoms with Gasteiger partial charge in [-0.2, -0.15) is 18.3 Å². The summed E-state index contributed by atoms with van der Waals surface area (Å²) in [6.07, 6.45) is 1.98. The molecule has 0 fully saturated rings. The summed E-state index contributed by atoms with van der Waals surface area (Å²) in [5, 5.41) is 7.51. The average Bonchev–Trinajstić information content (AvgIpc) is 3.29. The molecule has 2 aromatic carbocycles. The van der Waals surface area contributed by atoms with Gasteiger partial charge in [-0.15, -0.1) is 11.8 Å². The van der Waals surface area contributed by atoms with E-state index in [-0.39, 0.29) is 17.8 Å². The molecule has 2 aliphatic rings.